The highest BCUT2D eigenvalue weighted by molar-refractivity contribution is 6.30. The van der Waals surface area contributed by atoms with E-state index >= 15 is 0 Å². The second-order valence-electron chi connectivity index (χ2n) is 3.21. The third-order valence-corrected chi connectivity index (χ3v) is 2.35. The normalized spacial score (nSPS) is 9.65. The second-order valence-corrected chi connectivity index (χ2v) is 3.59. The van der Waals surface area contributed by atoms with Crippen molar-refractivity contribution in [1.82, 2.24) is 9.97 Å². The Balaban J connectivity index is 2.48. The van der Waals surface area contributed by atoms with E-state index in [1.165, 1.54) is 18.5 Å². The lowest BCUT2D eigenvalue weighted by Gasteiger charge is -2.02. The van der Waals surface area contributed by atoms with Crippen LogP contribution in [0.25, 0.3) is 0 Å². The summed E-state index contributed by atoms with van der Waals surface area (Å²) < 4.78 is 0. The molecule has 2 aromatic rings. The molecule has 82 valence electrons. The molecular formula is C12H6ClN3O. The topological polar surface area (TPSA) is 66.6 Å². The number of nitriles is 1. The molecule has 0 aliphatic carbocycles. The Morgan fingerprint density at radius 2 is 2.12 bits per heavy atom. The van der Waals surface area contributed by atoms with Crippen molar-refractivity contribution in [3.63, 3.8) is 0 Å². The number of carbonyl (C=O) groups excluding carboxylic acids is 1. The van der Waals surface area contributed by atoms with Crippen LogP contribution in [0.2, 0.25) is 5.15 Å². The van der Waals surface area contributed by atoms with E-state index in [9.17, 15) is 4.79 Å². The molecule has 5 heteroatoms. The van der Waals surface area contributed by atoms with Crippen molar-refractivity contribution in [1.29, 1.82) is 5.26 Å². The molecule has 0 spiro atoms. The smallest absolute Gasteiger partial charge is 0.196 e. The molecule has 0 unspecified atom stereocenters. The number of halogens is 1. The van der Waals surface area contributed by atoms with Crippen molar-refractivity contribution >= 4 is 17.4 Å². The van der Waals surface area contributed by atoms with E-state index in [1.54, 1.807) is 18.2 Å². The van der Waals surface area contributed by atoms with Gasteiger partial charge in [0, 0.05) is 18.0 Å². The molecule has 2 rings (SSSR count). The highest BCUT2D eigenvalue weighted by Gasteiger charge is 2.14. The summed E-state index contributed by atoms with van der Waals surface area (Å²) in [5, 5.41) is 9.10. The molecule has 0 atom stereocenters. The first-order valence-electron chi connectivity index (χ1n) is 4.74. The highest BCUT2D eigenvalue weighted by atomic mass is 35.5. The Morgan fingerprint density at radius 3 is 2.82 bits per heavy atom. The Kier molecular flexibility index (Phi) is 3.12. The van der Waals surface area contributed by atoms with Gasteiger partial charge in [-0.25, -0.2) is 9.97 Å². The van der Waals surface area contributed by atoms with Crippen LogP contribution < -0.4 is 0 Å². The van der Waals surface area contributed by atoms with E-state index in [2.05, 4.69) is 9.97 Å². The first-order valence-corrected chi connectivity index (χ1v) is 5.11. The van der Waals surface area contributed by atoms with E-state index in [0.29, 0.717) is 5.56 Å². The Morgan fingerprint density at radius 1 is 1.29 bits per heavy atom. The minimum absolute atomic E-state index is 0.102. The molecule has 0 aromatic carbocycles. The maximum Gasteiger partial charge on any atom is 0.196 e. The van der Waals surface area contributed by atoms with Gasteiger partial charge in [-0.3, -0.25) is 4.79 Å². The number of hydrogen-bond donors (Lipinski definition) is 0. The van der Waals surface area contributed by atoms with Crippen LogP contribution in [0.3, 0.4) is 0 Å². The molecule has 0 fully saturated rings. The zero-order valence-electron chi connectivity index (χ0n) is 8.59. The SMILES string of the molecule is N#Cc1ncccc1C(=O)c1ccnc(Cl)c1. The zero-order valence-corrected chi connectivity index (χ0v) is 9.35. The summed E-state index contributed by atoms with van der Waals surface area (Å²) in [6.07, 6.45) is 2.91. The highest BCUT2D eigenvalue weighted by Crippen LogP contribution is 2.14. The van der Waals surface area contributed by atoms with Crippen molar-refractivity contribution in [3.8, 4) is 6.07 Å². The molecule has 0 saturated heterocycles. The molecule has 0 N–H and O–H groups in total. The van der Waals surface area contributed by atoms with Crippen molar-refractivity contribution < 1.29 is 4.79 Å². The van der Waals surface area contributed by atoms with E-state index in [1.807, 2.05) is 6.07 Å². The molecular weight excluding hydrogens is 238 g/mol. The maximum atomic E-state index is 12.1. The molecule has 4 nitrogen and oxygen atoms in total. The summed E-state index contributed by atoms with van der Waals surface area (Å²) >= 11 is 5.71. The molecule has 17 heavy (non-hydrogen) atoms. The first kappa shape index (κ1) is 11.2. The predicted molar refractivity (Wildman–Crippen MR) is 61.6 cm³/mol. The van der Waals surface area contributed by atoms with Gasteiger partial charge in [0.05, 0.1) is 5.56 Å². The number of carbonyl (C=O) groups is 1. The Labute approximate surface area is 103 Å². The fourth-order valence-electron chi connectivity index (χ4n) is 1.38. The van der Waals surface area contributed by atoms with Gasteiger partial charge in [-0.05, 0) is 24.3 Å². The van der Waals surface area contributed by atoms with Crippen LogP contribution in [0.1, 0.15) is 21.6 Å². The van der Waals surface area contributed by atoms with Gasteiger partial charge < -0.3 is 0 Å². The van der Waals surface area contributed by atoms with E-state index in [4.69, 9.17) is 16.9 Å². The molecule has 0 aliphatic rings. The summed E-state index contributed by atoms with van der Waals surface area (Å²) in [4.78, 5) is 19.7. The summed E-state index contributed by atoms with van der Waals surface area (Å²) in [6, 6.07) is 8.05. The van der Waals surface area contributed by atoms with Crippen LogP contribution in [0.4, 0.5) is 0 Å². The average molecular weight is 244 g/mol. The van der Waals surface area contributed by atoms with Gasteiger partial charge in [0.1, 0.15) is 11.2 Å². The van der Waals surface area contributed by atoms with Gasteiger partial charge in [0.2, 0.25) is 0 Å². The van der Waals surface area contributed by atoms with Gasteiger partial charge in [-0.2, -0.15) is 5.26 Å². The molecule has 2 aromatic heterocycles. The number of nitrogens with zero attached hydrogens (tertiary/aromatic N) is 3. The molecule has 0 saturated carbocycles. The summed E-state index contributed by atoms with van der Waals surface area (Å²) in [5.41, 5.74) is 0.747. The van der Waals surface area contributed by atoms with E-state index in [-0.39, 0.29) is 22.2 Å². The number of pyridine rings is 2. The molecule has 2 heterocycles. The van der Waals surface area contributed by atoms with Crippen LogP contribution in [-0.4, -0.2) is 15.8 Å². The van der Waals surface area contributed by atoms with Crippen LogP contribution in [-0.2, 0) is 0 Å². The monoisotopic (exact) mass is 243 g/mol. The van der Waals surface area contributed by atoms with Gasteiger partial charge in [-0.1, -0.05) is 11.6 Å². The summed E-state index contributed by atoms with van der Waals surface area (Å²) in [7, 11) is 0. The van der Waals surface area contributed by atoms with Crippen molar-refractivity contribution in [3.05, 3.63) is 58.6 Å². The van der Waals surface area contributed by atoms with Gasteiger partial charge in [0.25, 0.3) is 0 Å². The minimum Gasteiger partial charge on any atom is -0.288 e. The predicted octanol–water partition coefficient (Wildman–Crippen LogP) is 2.23. The number of hydrogen-bond acceptors (Lipinski definition) is 4. The van der Waals surface area contributed by atoms with E-state index in [0.717, 1.165) is 0 Å². The number of aromatic nitrogens is 2. The fourth-order valence-corrected chi connectivity index (χ4v) is 1.55. The number of ketones is 1. The zero-order chi connectivity index (χ0) is 12.3. The van der Waals surface area contributed by atoms with Crippen molar-refractivity contribution in [2.45, 2.75) is 0 Å². The molecule has 0 amide bonds. The van der Waals surface area contributed by atoms with Crippen LogP contribution in [0, 0.1) is 11.3 Å². The lowest BCUT2D eigenvalue weighted by atomic mass is 10.0. The molecule has 0 bridgehead atoms. The maximum absolute atomic E-state index is 12.1. The Hall–Kier alpha value is -2.25. The van der Waals surface area contributed by atoms with Gasteiger partial charge in [-0.15, -0.1) is 0 Å². The lowest BCUT2D eigenvalue weighted by molar-refractivity contribution is 0.103. The third-order valence-electron chi connectivity index (χ3n) is 2.15. The van der Waals surface area contributed by atoms with Crippen LogP contribution in [0.5, 0.6) is 0 Å². The quantitative estimate of drug-likeness (QED) is 0.599. The van der Waals surface area contributed by atoms with Crippen LogP contribution in [0.15, 0.2) is 36.7 Å². The molecule has 0 radical (unpaired) electrons. The third kappa shape index (κ3) is 2.30. The first-order chi connectivity index (χ1) is 8.22. The standard InChI is InChI=1S/C12H6ClN3O/c13-11-6-8(3-5-16-11)12(17)9-2-1-4-15-10(9)7-14/h1-6H. The Bertz CT molecular complexity index is 619. The second kappa shape index (κ2) is 4.73. The average Bonchev–Trinajstić information content (AvgIpc) is 2.38. The van der Waals surface area contributed by atoms with Crippen molar-refractivity contribution in [2.24, 2.45) is 0 Å². The summed E-state index contributed by atoms with van der Waals surface area (Å²) in [5.74, 6) is -0.293. The van der Waals surface area contributed by atoms with E-state index < -0.39 is 0 Å². The van der Waals surface area contributed by atoms with Crippen molar-refractivity contribution in [2.75, 3.05) is 0 Å². The van der Waals surface area contributed by atoms with Gasteiger partial charge >= 0.3 is 0 Å². The minimum atomic E-state index is -0.293. The van der Waals surface area contributed by atoms with Crippen LogP contribution >= 0.6 is 11.6 Å². The lowest BCUT2D eigenvalue weighted by Crippen LogP contribution is -2.05. The largest absolute Gasteiger partial charge is 0.288 e. The summed E-state index contributed by atoms with van der Waals surface area (Å²) in [6.45, 7) is 0. The fraction of sp³-hybridized carbons (Fsp3) is 0. The van der Waals surface area contributed by atoms with Gasteiger partial charge in [0.15, 0.2) is 11.5 Å². The molecule has 0 aliphatic heterocycles. The number of rotatable bonds is 2.